The SMILES string of the molecule is O=C(O)CCCC=CC[C@@H]1[C@H](CS(=O)(=O)CCOc2ccccc2)[C@@H]2CC[C@H]1O2. The van der Waals surface area contributed by atoms with E-state index < -0.39 is 15.8 Å². The molecule has 160 valence electrons. The number of benzene rings is 1. The first kappa shape index (κ1) is 21.8. The third kappa shape index (κ3) is 6.57. The summed E-state index contributed by atoms with van der Waals surface area (Å²) in [5, 5.41) is 8.68. The van der Waals surface area contributed by atoms with Crippen LogP contribution >= 0.6 is 0 Å². The van der Waals surface area contributed by atoms with Crippen LogP contribution in [-0.2, 0) is 19.4 Å². The van der Waals surface area contributed by atoms with E-state index in [0.29, 0.717) is 12.2 Å². The Labute approximate surface area is 172 Å². The molecule has 7 heteroatoms. The number of hydrogen-bond acceptors (Lipinski definition) is 5. The van der Waals surface area contributed by atoms with Crippen LogP contribution in [0.15, 0.2) is 42.5 Å². The largest absolute Gasteiger partial charge is 0.493 e. The predicted octanol–water partition coefficient (Wildman–Crippen LogP) is 3.48. The van der Waals surface area contributed by atoms with Crippen molar-refractivity contribution >= 4 is 15.8 Å². The number of fused-ring (bicyclic) bond motifs is 2. The Balaban J connectivity index is 1.48. The van der Waals surface area contributed by atoms with Crippen molar-refractivity contribution in [2.45, 2.75) is 50.7 Å². The molecule has 1 aromatic rings. The summed E-state index contributed by atoms with van der Waals surface area (Å²) in [6.07, 6.45) is 8.50. The first-order valence-electron chi connectivity index (χ1n) is 10.3. The third-order valence-corrected chi connectivity index (χ3v) is 7.46. The Hall–Kier alpha value is -1.86. The standard InChI is InChI=1S/C22H30O6S/c23-22(24)11-7-2-1-6-10-18-19(21-13-12-20(18)28-21)16-29(25,26)15-14-27-17-8-4-3-5-9-17/h1,3-6,8-9,18-21H,2,7,10-16H2,(H,23,24)/t18-,19+,20-,21+/m1/s1. The van der Waals surface area contributed by atoms with E-state index in [1.807, 2.05) is 36.4 Å². The molecule has 6 nitrogen and oxygen atoms in total. The number of sulfone groups is 1. The fraction of sp³-hybridized carbons (Fsp3) is 0.591. The van der Waals surface area contributed by atoms with Gasteiger partial charge in [0.05, 0.1) is 23.7 Å². The maximum Gasteiger partial charge on any atom is 0.303 e. The summed E-state index contributed by atoms with van der Waals surface area (Å²) in [5.74, 6) is 0.295. The predicted molar refractivity (Wildman–Crippen MR) is 111 cm³/mol. The Morgan fingerprint density at radius 2 is 1.86 bits per heavy atom. The minimum atomic E-state index is -3.23. The second-order valence-corrected chi connectivity index (χ2v) is 10.1. The average molecular weight is 423 g/mol. The van der Waals surface area contributed by atoms with Gasteiger partial charge in [-0.1, -0.05) is 30.4 Å². The van der Waals surface area contributed by atoms with E-state index in [2.05, 4.69) is 6.08 Å². The molecule has 2 saturated heterocycles. The van der Waals surface area contributed by atoms with E-state index in [4.69, 9.17) is 14.6 Å². The lowest BCUT2D eigenvalue weighted by atomic mass is 9.78. The van der Waals surface area contributed by atoms with Crippen molar-refractivity contribution in [1.82, 2.24) is 0 Å². The molecule has 3 rings (SSSR count). The van der Waals surface area contributed by atoms with E-state index in [9.17, 15) is 13.2 Å². The van der Waals surface area contributed by atoms with Crippen LogP contribution < -0.4 is 4.74 Å². The van der Waals surface area contributed by atoms with Crippen molar-refractivity contribution in [3.05, 3.63) is 42.5 Å². The zero-order valence-corrected chi connectivity index (χ0v) is 17.4. The lowest BCUT2D eigenvalue weighted by Gasteiger charge is -2.27. The maximum atomic E-state index is 12.7. The molecule has 2 bridgehead atoms. The monoisotopic (exact) mass is 422 g/mol. The highest BCUT2D eigenvalue weighted by Crippen LogP contribution is 2.45. The van der Waals surface area contributed by atoms with Crippen LogP contribution in [0.25, 0.3) is 0 Å². The van der Waals surface area contributed by atoms with Gasteiger partial charge in [0, 0.05) is 12.3 Å². The summed E-state index contributed by atoms with van der Waals surface area (Å²) in [6.45, 7) is 0.155. The molecule has 1 N–H and O–H groups in total. The summed E-state index contributed by atoms with van der Waals surface area (Å²) in [7, 11) is -3.23. The second-order valence-electron chi connectivity index (χ2n) is 7.89. The summed E-state index contributed by atoms with van der Waals surface area (Å²) < 4.78 is 36.9. The molecule has 1 aromatic carbocycles. The van der Waals surface area contributed by atoms with Crippen molar-refractivity contribution in [3.63, 3.8) is 0 Å². The van der Waals surface area contributed by atoms with Gasteiger partial charge in [-0.25, -0.2) is 8.42 Å². The number of carboxylic acids is 1. The zero-order chi connectivity index (χ0) is 20.7. The van der Waals surface area contributed by atoms with Crippen molar-refractivity contribution in [2.24, 2.45) is 11.8 Å². The molecule has 29 heavy (non-hydrogen) atoms. The van der Waals surface area contributed by atoms with E-state index in [1.165, 1.54) is 0 Å². The van der Waals surface area contributed by atoms with Gasteiger partial charge >= 0.3 is 5.97 Å². The van der Waals surface area contributed by atoms with Gasteiger partial charge in [-0.3, -0.25) is 4.79 Å². The number of unbranched alkanes of at least 4 members (excludes halogenated alkanes) is 1. The lowest BCUT2D eigenvalue weighted by molar-refractivity contribution is -0.137. The van der Waals surface area contributed by atoms with Gasteiger partial charge < -0.3 is 14.6 Å². The summed E-state index contributed by atoms with van der Waals surface area (Å²) in [4.78, 5) is 10.6. The molecule has 4 atom stereocenters. The molecule has 0 aliphatic carbocycles. The molecule has 2 aliphatic rings. The Bertz CT molecular complexity index is 789. The first-order valence-corrected chi connectivity index (χ1v) is 12.2. The zero-order valence-electron chi connectivity index (χ0n) is 16.6. The molecule has 0 spiro atoms. The molecular formula is C22H30O6S. The Morgan fingerprint density at radius 1 is 1.14 bits per heavy atom. The normalized spacial score (nSPS) is 26.2. The number of allylic oxidation sites excluding steroid dienone is 2. The van der Waals surface area contributed by atoms with Crippen LogP contribution in [0.1, 0.15) is 38.5 Å². The highest BCUT2D eigenvalue weighted by Gasteiger charge is 2.49. The van der Waals surface area contributed by atoms with E-state index in [-0.39, 0.29) is 48.6 Å². The molecule has 2 heterocycles. The minimum Gasteiger partial charge on any atom is -0.493 e. The number of carboxylic acid groups (broad SMARTS) is 1. The molecule has 2 aliphatic heterocycles. The molecule has 2 fully saturated rings. The topological polar surface area (TPSA) is 89.9 Å². The van der Waals surface area contributed by atoms with E-state index in [0.717, 1.165) is 25.7 Å². The molecular weight excluding hydrogens is 392 g/mol. The summed E-state index contributed by atoms with van der Waals surface area (Å²) in [6, 6.07) is 9.23. The van der Waals surface area contributed by atoms with Gasteiger partial charge in [-0.05, 0) is 50.2 Å². The summed E-state index contributed by atoms with van der Waals surface area (Å²) >= 11 is 0. The maximum absolute atomic E-state index is 12.7. The fourth-order valence-electron chi connectivity index (χ4n) is 4.35. The van der Waals surface area contributed by atoms with Gasteiger partial charge in [-0.2, -0.15) is 0 Å². The number of aliphatic carboxylic acids is 1. The molecule has 0 saturated carbocycles. The molecule has 0 amide bonds. The number of para-hydroxylation sites is 1. The third-order valence-electron chi connectivity index (χ3n) is 5.78. The quantitative estimate of drug-likeness (QED) is 0.410. The number of rotatable bonds is 12. The number of hydrogen-bond donors (Lipinski definition) is 1. The van der Waals surface area contributed by atoms with Crippen molar-refractivity contribution in [2.75, 3.05) is 18.1 Å². The van der Waals surface area contributed by atoms with Gasteiger partial charge in [0.15, 0.2) is 9.84 Å². The Kier molecular flexibility index (Phi) is 7.72. The number of ether oxygens (including phenoxy) is 2. The van der Waals surface area contributed by atoms with E-state index >= 15 is 0 Å². The first-order chi connectivity index (χ1) is 13.9. The van der Waals surface area contributed by atoms with Crippen LogP contribution in [0.5, 0.6) is 5.75 Å². The van der Waals surface area contributed by atoms with Crippen LogP contribution in [0.3, 0.4) is 0 Å². The van der Waals surface area contributed by atoms with Gasteiger partial charge in [0.2, 0.25) is 0 Å². The van der Waals surface area contributed by atoms with Gasteiger partial charge in [0.25, 0.3) is 0 Å². The number of carbonyl (C=O) groups is 1. The van der Waals surface area contributed by atoms with Gasteiger partial charge in [-0.15, -0.1) is 0 Å². The van der Waals surface area contributed by atoms with E-state index in [1.54, 1.807) is 0 Å². The molecule has 0 radical (unpaired) electrons. The smallest absolute Gasteiger partial charge is 0.303 e. The summed E-state index contributed by atoms with van der Waals surface area (Å²) in [5.41, 5.74) is 0. The van der Waals surface area contributed by atoms with Crippen molar-refractivity contribution < 1.29 is 27.8 Å². The minimum absolute atomic E-state index is 0.00747. The molecule has 0 aromatic heterocycles. The highest BCUT2D eigenvalue weighted by molar-refractivity contribution is 7.91. The second kappa shape index (κ2) is 10.3. The van der Waals surface area contributed by atoms with Gasteiger partial charge in [0.1, 0.15) is 12.4 Å². The molecule has 0 unspecified atom stereocenters. The van der Waals surface area contributed by atoms with Crippen LogP contribution in [-0.4, -0.2) is 49.8 Å². The lowest BCUT2D eigenvalue weighted by Crippen LogP contribution is -2.34. The fourth-order valence-corrected chi connectivity index (χ4v) is 5.90. The van der Waals surface area contributed by atoms with Crippen molar-refractivity contribution in [3.8, 4) is 5.75 Å². The van der Waals surface area contributed by atoms with Crippen molar-refractivity contribution in [1.29, 1.82) is 0 Å². The highest BCUT2D eigenvalue weighted by atomic mass is 32.2. The van der Waals surface area contributed by atoms with Crippen LogP contribution in [0.2, 0.25) is 0 Å². The Morgan fingerprint density at radius 3 is 2.59 bits per heavy atom. The van der Waals surface area contributed by atoms with Crippen LogP contribution in [0.4, 0.5) is 0 Å². The van der Waals surface area contributed by atoms with Crippen LogP contribution in [0, 0.1) is 11.8 Å². The average Bonchev–Trinajstić information content (AvgIpc) is 3.27.